The molecule has 3 N–H and O–H groups in total. The summed E-state index contributed by atoms with van der Waals surface area (Å²) >= 11 is 0. The van der Waals surface area contributed by atoms with Crippen LogP contribution in [0.3, 0.4) is 0 Å². The molecule has 0 aromatic carbocycles. The molecule has 2 rings (SSSR count). The molecule has 1 amide bonds. The topological polar surface area (TPSA) is 115 Å². The van der Waals surface area contributed by atoms with Crippen LogP contribution in [0.4, 0.5) is 16.7 Å². The molecule has 2 heterocycles. The molecule has 116 valence electrons. The zero-order valence-electron chi connectivity index (χ0n) is 12.2. The number of anilines is 2. The first-order valence-corrected chi connectivity index (χ1v) is 6.86. The summed E-state index contributed by atoms with van der Waals surface area (Å²) in [6, 6.07) is 0.221. The van der Waals surface area contributed by atoms with Crippen molar-refractivity contribution in [2.45, 2.75) is 25.8 Å². The number of nitrogens with zero attached hydrogens (tertiary/aromatic N) is 4. The van der Waals surface area contributed by atoms with E-state index in [0.29, 0.717) is 25.6 Å². The monoisotopic (exact) mass is 296 g/mol. The first-order valence-electron chi connectivity index (χ1n) is 6.86. The molecule has 1 saturated heterocycles. The minimum Gasteiger partial charge on any atom is -0.463 e. The molecule has 9 nitrogen and oxygen atoms in total. The minimum absolute atomic E-state index is 0.00421. The maximum absolute atomic E-state index is 11.2. The number of alkyl carbamates (subject to hydrolysis) is 1. The SMILES string of the molecule is CCCOc1nc(N)nc(N2CCC(NC(=O)OC)C2)n1. The lowest BCUT2D eigenvalue weighted by Crippen LogP contribution is -2.37. The maximum Gasteiger partial charge on any atom is 0.407 e. The lowest BCUT2D eigenvalue weighted by Gasteiger charge is -2.17. The molecular formula is C12H20N6O3. The average Bonchev–Trinajstić information content (AvgIpc) is 2.93. The van der Waals surface area contributed by atoms with Gasteiger partial charge in [0.15, 0.2) is 0 Å². The van der Waals surface area contributed by atoms with Crippen LogP contribution in [0.1, 0.15) is 19.8 Å². The molecule has 1 atom stereocenters. The quantitative estimate of drug-likeness (QED) is 0.790. The van der Waals surface area contributed by atoms with Gasteiger partial charge in [0, 0.05) is 13.1 Å². The Hall–Kier alpha value is -2.32. The minimum atomic E-state index is -0.441. The summed E-state index contributed by atoms with van der Waals surface area (Å²) in [6.45, 7) is 3.82. The fourth-order valence-corrected chi connectivity index (χ4v) is 2.05. The number of rotatable bonds is 5. The second-order valence-corrected chi connectivity index (χ2v) is 4.69. The van der Waals surface area contributed by atoms with E-state index >= 15 is 0 Å². The number of carbonyl (C=O) groups is 1. The Morgan fingerprint density at radius 1 is 1.48 bits per heavy atom. The van der Waals surface area contributed by atoms with E-state index in [1.54, 1.807) is 0 Å². The van der Waals surface area contributed by atoms with E-state index < -0.39 is 6.09 Å². The van der Waals surface area contributed by atoms with Gasteiger partial charge in [0.05, 0.1) is 19.8 Å². The lowest BCUT2D eigenvalue weighted by molar-refractivity contribution is 0.167. The Morgan fingerprint density at radius 3 is 3.00 bits per heavy atom. The highest BCUT2D eigenvalue weighted by atomic mass is 16.5. The van der Waals surface area contributed by atoms with Crippen molar-refractivity contribution in [3.8, 4) is 6.01 Å². The third-order valence-corrected chi connectivity index (χ3v) is 3.03. The summed E-state index contributed by atoms with van der Waals surface area (Å²) in [7, 11) is 1.34. The second-order valence-electron chi connectivity index (χ2n) is 4.69. The van der Waals surface area contributed by atoms with Gasteiger partial charge in [-0.1, -0.05) is 6.92 Å². The van der Waals surface area contributed by atoms with E-state index in [1.165, 1.54) is 7.11 Å². The molecule has 0 aliphatic carbocycles. The Morgan fingerprint density at radius 2 is 2.29 bits per heavy atom. The number of ether oxygens (including phenoxy) is 2. The number of aromatic nitrogens is 3. The molecule has 1 aromatic heterocycles. The van der Waals surface area contributed by atoms with Gasteiger partial charge < -0.3 is 25.4 Å². The number of hydrogen-bond acceptors (Lipinski definition) is 8. The summed E-state index contributed by atoms with van der Waals surface area (Å²) in [4.78, 5) is 25.4. The van der Waals surface area contributed by atoms with Gasteiger partial charge in [-0.3, -0.25) is 0 Å². The normalized spacial score (nSPS) is 17.6. The van der Waals surface area contributed by atoms with E-state index in [1.807, 2.05) is 11.8 Å². The highest BCUT2D eigenvalue weighted by molar-refractivity contribution is 5.67. The van der Waals surface area contributed by atoms with Crippen LogP contribution < -0.4 is 20.7 Å². The van der Waals surface area contributed by atoms with Crippen molar-refractivity contribution in [2.24, 2.45) is 0 Å². The Balaban J connectivity index is 2.01. The summed E-state index contributed by atoms with van der Waals surface area (Å²) in [5, 5.41) is 2.76. The molecule has 0 radical (unpaired) electrons. The lowest BCUT2D eigenvalue weighted by atomic mass is 10.3. The Labute approximate surface area is 122 Å². The molecule has 1 aromatic rings. The Bertz CT molecular complexity index is 498. The maximum atomic E-state index is 11.2. The smallest absolute Gasteiger partial charge is 0.407 e. The zero-order chi connectivity index (χ0) is 15.2. The van der Waals surface area contributed by atoms with Crippen LogP contribution in [0.25, 0.3) is 0 Å². The van der Waals surface area contributed by atoms with Gasteiger partial charge in [0.1, 0.15) is 0 Å². The third-order valence-electron chi connectivity index (χ3n) is 3.03. The van der Waals surface area contributed by atoms with Crippen LogP contribution in [-0.2, 0) is 4.74 Å². The molecule has 21 heavy (non-hydrogen) atoms. The summed E-state index contributed by atoms with van der Waals surface area (Å²) in [5.74, 6) is 0.582. The van der Waals surface area contributed by atoms with E-state index in [4.69, 9.17) is 10.5 Å². The Kier molecular flexibility index (Phi) is 4.96. The van der Waals surface area contributed by atoms with Crippen molar-refractivity contribution in [3.63, 3.8) is 0 Å². The fourth-order valence-electron chi connectivity index (χ4n) is 2.05. The molecule has 0 spiro atoms. The number of amides is 1. The second kappa shape index (κ2) is 6.91. The molecule has 1 unspecified atom stereocenters. The molecule has 1 fully saturated rings. The number of nitrogen functional groups attached to an aromatic ring is 1. The van der Waals surface area contributed by atoms with E-state index in [-0.39, 0.29) is 18.0 Å². The highest BCUT2D eigenvalue weighted by Crippen LogP contribution is 2.19. The molecule has 1 aliphatic rings. The summed E-state index contributed by atoms with van der Waals surface area (Å²) < 4.78 is 9.97. The van der Waals surface area contributed by atoms with Crippen molar-refractivity contribution in [2.75, 3.05) is 37.4 Å². The van der Waals surface area contributed by atoms with Gasteiger partial charge in [-0.05, 0) is 12.8 Å². The van der Waals surface area contributed by atoms with Crippen LogP contribution in [-0.4, -0.2) is 53.9 Å². The van der Waals surface area contributed by atoms with Crippen molar-refractivity contribution in [1.29, 1.82) is 0 Å². The highest BCUT2D eigenvalue weighted by Gasteiger charge is 2.26. The van der Waals surface area contributed by atoms with Gasteiger partial charge in [-0.15, -0.1) is 0 Å². The van der Waals surface area contributed by atoms with Crippen molar-refractivity contribution in [1.82, 2.24) is 20.3 Å². The van der Waals surface area contributed by atoms with Crippen molar-refractivity contribution >= 4 is 18.0 Å². The van der Waals surface area contributed by atoms with E-state index in [0.717, 1.165) is 12.8 Å². The van der Waals surface area contributed by atoms with Crippen molar-refractivity contribution in [3.05, 3.63) is 0 Å². The summed E-state index contributed by atoms with van der Waals surface area (Å²) in [6.07, 6.45) is 1.20. The molecule has 9 heteroatoms. The first-order chi connectivity index (χ1) is 10.1. The van der Waals surface area contributed by atoms with Gasteiger partial charge in [-0.2, -0.15) is 15.0 Å². The molecule has 0 bridgehead atoms. The van der Waals surface area contributed by atoms with E-state index in [9.17, 15) is 4.79 Å². The number of carbonyl (C=O) groups excluding carboxylic acids is 1. The first kappa shape index (κ1) is 15.1. The number of nitrogens with two attached hydrogens (primary N) is 1. The predicted octanol–water partition coefficient (Wildman–Crippen LogP) is 0.177. The fraction of sp³-hybridized carbons (Fsp3) is 0.667. The van der Waals surface area contributed by atoms with E-state index in [2.05, 4.69) is 25.0 Å². The predicted molar refractivity (Wildman–Crippen MR) is 76.2 cm³/mol. The van der Waals surface area contributed by atoms with Crippen LogP contribution in [0, 0.1) is 0 Å². The number of nitrogens with one attached hydrogen (secondary N) is 1. The van der Waals surface area contributed by atoms with Crippen molar-refractivity contribution < 1.29 is 14.3 Å². The number of methoxy groups -OCH3 is 1. The zero-order valence-corrected chi connectivity index (χ0v) is 12.2. The van der Waals surface area contributed by atoms with Crippen LogP contribution >= 0.6 is 0 Å². The van der Waals surface area contributed by atoms with Crippen LogP contribution in [0.15, 0.2) is 0 Å². The molecule has 0 saturated carbocycles. The summed E-state index contributed by atoms with van der Waals surface area (Å²) in [5.41, 5.74) is 5.68. The van der Waals surface area contributed by atoms with Gasteiger partial charge in [0.2, 0.25) is 11.9 Å². The van der Waals surface area contributed by atoms with Crippen LogP contribution in [0.2, 0.25) is 0 Å². The molecule has 1 aliphatic heterocycles. The third kappa shape index (κ3) is 4.07. The number of hydrogen-bond donors (Lipinski definition) is 2. The van der Waals surface area contributed by atoms with Gasteiger partial charge >= 0.3 is 12.1 Å². The molecular weight excluding hydrogens is 276 g/mol. The van der Waals surface area contributed by atoms with Crippen LogP contribution in [0.5, 0.6) is 6.01 Å². The largest absolute Gasteiger partial charge is 0.463 e. The van der Waals surface area contributed by atoms with Gasteiger partial charge in [0.25, 0.3) is 0 Å². The van der Waals surface area contributed by atoms with Gasteiger partial charge in [-0.25, -0.2) is 4.79 Å². The average molecular weight is 296 g/mol. The standard InChI is InChI=1S/C12H20N6O3/c1-3-6-21-11-16-9(13)15-10(17-11)18-5-4-8(7-18)14-12(19)20-2/h8H,3-7H2,1-2H3,(H,14,19)(H2,13,15,16,17).